The van der Waals surface area contributed by atoms with Gasteiger partial charge in [0.25, 0.3) is 0 Å². The summed E-state index contributed by atoms with van der Waals surface area (Å²) in [5.74, 6) is 1.05. The maximum absolute atomic E-state index is 9.08. The van der Waals surface area contributed by atoms with Crippen LogP contribution in [0.15, 0.2) is 0 Å². The highest BCUT2D eigenvalue weighted by atomic mass is 32.2. The molecule has 0 radical (unpaired) electrons. The Balaban J connectivity index is 0.000000494. The van der Waals surface area contributed by atoms with Gasteiger partial charge in [-0.25, -0.2) is 8.42 Å². The molecule has 18 heavy (non-hydrogen) atoms. The number of unbranched alkanes of at least 4 members (excludes halogenated alkanes) is 1. The van der Waals surface area contributed by atoms with Crippen LogP contribution in [0.25, 0.3) is 0 Å². The molecule has 0 aromatic rings. The van der Waals surface area contributed by atoms with Crippen LogP contribution < -0.4 is 4.90 Å². The van der Waals surface area contributed by atoms with Crippen molar-refractivity contribution in [2.24, 2.45) is 5.92 Å². The summed E-state index contributed by atoms with van der Waals surface area (Å²) in [5.41, 5.74) is 0. The van der Waals surface area contributed by atoms with Crippen molar-refractivity contribution in [3.8, 4) is 0 Å². The predicted octanol–water partition coefficient (Wildman–Crippen LogP) is 1.04. The molecule has 1 heterocycles. The molecule has 0 aromatic carbocycles. The van der Waals surface area contributed by atoms with E-state index < -0.39 is 10.1 Å². The number of quaternary nitrogens is 1. The molecule has 5 heteroatoms. The Bertz CT molecular complexity index is 281. The summed E-state index contributed by atoms with van der Waals surface area (Å²) in [6, 6.07) is 0. The van der Waals surface area contributed by atoms with Gasteiger partial charge in [0, 0.05) is 12.2 Å². The van der Waals surface area contributed by atoms with E-state index in [0.717, 1.165) is 5.92 Å². The van der Waals surface area contributed by atoms with Gasteiger partial charge in [-0.05, 0) is 25.7 Å². The quantitative estimate of drug-likeness (QED) is 0.765. The Morgan fingerprint density at radius 2 is 1.89 bits per heavy atom. The molecule has 1 fully saturated rings. The van der Waals surface area contributed by atoms with Crippen LogP contribution in [0.4, 0.5) is 0 Å². The van der Waals surface area contributed by atoms with Gasteiger partial charge >= 0.3 is 0 Å². The number of hydrogen-bond acceptors (Lipinski definition) is 3. The van der Waals surface area contributed by atoms with E-state index in [9.17, 15) is 0 Å². The molecule has 4 nitrogen and oxygen atoms in total. The van der Waals surface area contributed by atoms with E-state index in [1.807, 2.05) is 4.90 Å². The first-order valence-electron chi connectivity index (χ1n) is 7.11. The Labute approximate surface area is 113 Å². The van der Waals surface area contributed by atoms with Crippen LogP contribution in [0.2, 0.25) is 0 Å². The monoisotopic (exact) mass is 279 g/mol. The van der Waals surface area contributed by atoms with Gasteiger partial charge in [0.15, 0.2) is 0 Å². The van der Waals surface area contributed by atoms with Crippen LogP contribution in [0.1, 0.15) is 52.4 Å². The summed E-state index contributed by atoms with van der Waals surface area (Å²) in [7, 11) is -3.92. The molecule has 0 aliphatic carbocycles. The molecule has 1 saturated heterocycles. The smallest absolute Gasteiger partial charge is 0.0916 e. The summed E-state index contributed by atoms with van der Waals surface area (Å²) in [6.07, 6.45) is 9.22. The molecule has 1 rings (SSSR count). The lowest BCUT2D eigenvalue weighted by atomic mass is 9.93. The molecule has 0 saturated carbocycles. The minimum atomic E-state index is -3.92. The molecule has 110 valence electrons. The Morgan fingerprint density at radius 3 is 2.39 bits per heavy atom. The first-order valence-corrected chi connectivity index (χ1v) is 8.92. The largest absolute Gasteiger partial charge is 0.748 e. The second-order valence-corrected chi connectivity index (χ2v) is 6.72. The van der Waals surface area contributed by atoms with E-state index in [4.69, 9.17) is 13.0 Å². The van der Waals surface area contributed by atoms with Crippen molar-refractivity contribution in [2.75, 3.05) is 25.9 Å². The highest BCUT2D eigenvalue weighted by Crippen LogP contribution is 2.13. The van der Waals surface area contributed by atoms with Crippen LogP contribution in [0, 0.1) is 5.92 Å². The number of piperidine rings is 1. The van der Waals surface area contributed by atoms with Crippen molar-refractivity contribution in [3.63, 3.8) is 0 Å². The predicted molar refractivity (Wildman–Crippen MR) is 73.7 cm³/mol. The van der Waals surface area contributed by atoms with Crippen LogP contribution in [0.3, 0.4) is 0 Å². The molecule has 1 N–H and O–H groups in total. The van der Waals surface area contributed by atoms with Crippen molar-refractivity contribution in [1.82, 2.24) is 0 Å². The fourth-order valence-electron chi connectivity index (χ4n) is 2.56. The van der Waals surface area contributed by atoms with E-state index in [0.29, 0.717) is 6.26 Å². The zero-order valence-corrected chi connectivity index (χ0v) is 12.9. The second-order valence-electron chi connectivity index (χ2n) is 5.31. The average Bonchev–Trinajstić information content (AvgIpc) is 2.25. The lowest BCUT2D eigenvalue weighted by Crippen LogP contribution is -3.13. The molecule has 0 amide bonds. The summed E-state index contributed by atoms with van der Waals surface area (Å²) in [4.78, 5) is 1.88. The molecule has 0 bridgehead atoms. The number of rotatable bonds is 5. The topological polar surface area (TPSA) is 61.6 Å². The van der Waals surface area contributed by atoms with Gasteiger partial charge in [-0.15, -0.1) is 0 Å². The number of likely N-dealkylation sites (tertiary alicyclic amines) is 1. The molecular weight excluding hydrogens is 250 g/mol. The minimum Gasteiger partial charge on any atom is -0.748 e. The Hall–Kier alpha value is -0.130. The molecule has 2 unspecified atom stereocenters. The molecule has 1 aliphatic rings. The van der Waals surface area contributed by atoms with Crippen LogP contribution in [-0.4, -0.2) is 38.9 Å². The maximum Gasteiger partial charge on any atom is 0.0916 e. The van der Waals surface area contributed by atoms with Gasteiger partial charge in [-0.1, -0.05) is 26.7 Å². The van der Waals surface area contributed by atoms with Gasteiger partial charge in [0.1, 0.15) is 0 Å². The molecular formula is C13H29NO3S. The highest BCUT2D eigenvalue weighted by molar-refractivity contribution is 7.84. The molecule has 0 aromatic heterocycles. The molecule has 1 aliphatic heterocycles. The van der Waals surface area contributed by atoms with Crippen molar-refractivity contribution in [3.05, 3.63) is 0 Å². The third kappa shape index (κ3) is 12.3. The Kier molecular flexibility index (Phi) is 9.68. The van der Waals surface area contributed by atoms with E-state index in [2.05, 4.69) is 13.8 Å². The zero-order chi connectivity index (χ0) is 14.0. The third-order valence-corrected chi connectivity index (χ3v) is 3.30. The summed E-state index contributed by atoms with van der Waals surface area (Å²) in [5, 5.41) is 0. The van der Waals surface area contributed by atoms with Crippen molar-refractivity contribution < 1.29 is 17.9 Å². The van der Waals surface area contributed by atoms with Crippen LogP contribution in [0.5, 0.6) is 0 Å². The van der Waals surface area contributed by atoms with Gasteiger partial charge in [0.2, 0.25) is 0 Å². The second kappa shape index (κ2) is 9.75. The maximum atomic E-state index is 9.08. The zero-order valence-electron chi connectivity index (χ0n) is 12.1. The average molecular weight is 279 g/mol. The lowest BCUT2D eigenvalue weighted by Gasteiger charge is -2.29. The molecule has 0 spiro atoms. The fraction of sp³-hybridized carbons (Fsp3) is 1.00. The van der Waals surface area contributed by atoms with Crippen molar-refractivity contribution in [1.29, 1.82) is 0 Å². The van der Waals surface area contributed by atoms with Crippen LogP contribution >= 0.6 is 0 Å². The summed E-state index contributed by atoms with van der Waals surface area (Å²) in [6.45, 7) is 8.96. The lowest BCUT2D eigenvalue weighted by molar-refractivity contribution is -0.909. The van der Waals surface area contributed by atoms with Gasteiger partial charge < -0.3 is 9.45 Å². The van der Waals surface area contributed by atoms with E-state index in [1.54, 1.807) is 0 Å². The summed E-state index contributed by atoms with van der Waals surface area (Å²) >= 11 is 0. The third-order valence-electron chi connectivity index (χ3n) is 3.30. The van der Waals surface area contributed by atoms with Gasteiger partial charge in [-0.2, -0.15) is 0 Å². The standard InChI is InChI=1S/C12H25N.CH4O3S/c1-3-5-9-13-10-6-8-12(11-13)7-4-2;1-5(2,3)4/h12H,3-11H2,1-2H3;1H3,(H,2,3,4). The fourth-order valence-corrected chi connectivity index (χ4v) is 2.56. The summed E-state index contributed by atoms with van der Waals surface area (Å²) < 4.78 is 27.2. The van der Waals surface area contributed by atoms with Gasteiger partial charge in [0.05, 0.1) is 29.8 Å². The van der Waals surface area contributed by atoms with Crippen molar-refractivity contribution >= 4 is 10.1 Å². The molecule has 2 atom stereocenters. The first-order chi connectivity index (χ1) is 8.36. The SMILES string of the molecule is CCCC[NH+]1CCCC(CCC)C1.CS(=O)(=O)[O-]. The minimum absolute atomic E-state index is 0.604. The van der Waals surface area contributed by atoms with Crippen LogP contribution in [-0.2, 0) is 10.1 Å². The van der Waals surface area contributed by atoms with Gasteiger partial charge in [-0.3, -0.25) is 0 Å². The number of nitrogens with one attached hydrogen (secondary N) is 1. The normalized spacial score (nSPS) is 24.2. The van der Waals surface area contributed by atoms with E-state index in [1.165, 1.54) is 58.2 Å². The van der Waals surface area contributed by atoms with Crippen molar-refractivity contribution in [2.45, 2.75) is 52.4 Å². The van der Waals surface area contributed by atoms with E-state index in [-0.39, 0.29) is 0 Å². The first kappa shape index (κ1) is 17.9. The Morgan fingerprint density at radius 1 is 1.28 bits per heavy atom. The van der Waals surface area contributed by atoms with E-state index >= 15 is 0 Å². The number of hydrogen-bond donors (Lipinski definition) is 1. The highest BCUT2D eigenvalue weighted by Gasteiger charge is 2.21.